The molecule has 0 bridgehead atoms. The van der Waals surface area contributed by atoms with Gasteiger partial charge in [0, 0.05) is 17.5 Å². The van der Waals surface area contributed by atoms with Crippen LogP contribution in [0, 0.1) is 0 Å². The smallest absolute Gasteiger partial charge is 0.240 e. The van der Waals surface area contributed by atoms with Crippen LogP contribution in [-0.2, 0) is 19.6 Å². The highest BCUT2D eigenvalue weighted by Gasteiger charge is 2.20. The summed E-state index contributed by atoms with van der Waals surface area (Å²) in [6.07, 6.45) is 0. The molecule has 1 aromatic carbocycles. The Kier molecular flexibility index (Phi) is 5.17. The molecule has 6 heteroatoms. The fourth-order valence-corrected chi connectivity index (χ4v) is 3.29. The van der Waals surface area contributed by atoms with Gasteiger partial charge in [-0.2, -0.15) is 4.98 Å². The Bertz CT molecular complexity index is 711. The highest BCUT2D eigenvalue weighted by molar-refractivity contribution is 7.10. The van der Waals surface area contributed by atoms with Crippen LogP contribution in [0.1, 0.15) is 35.1 Å². The Hall–Kier alpha value is -2.02. The van der Waals surface area contributed by atoms with Crippen molar-refractivity contribution in [2.45, 2.75) is 32.6 Å². The van der Waals surface area contributed by atoms with E-state index in [1.54, 1.807) is 11.3 Å². The van der Waals surface area contributed by atoms with Crippen molar-refractivity contribution in [2.75, 3.05) is 0 Å². The standard InChI is InChI=1S/C17H20N4OS/c1-13(15-8-5-9-23-15)21(11-14-6-3-2-4-7-14)12-16-19-17(10-18)22-20-16/h2-9,13H,10-12,18H2,1H3. The fourth-order valence-electron chi connectivity index (χ4n) is 2.48. The van der Waals surface area contributed by atoms with Gasteiger partial charge in [-0.15, -0.1) is 11.3 Å². The van der Waals surface area contributed by atoms with Gasteiger partial charge in [-0.25, -0.2) is 0 Å². The molecule has 0 amide bonds. The highest BCUT2D eigenvalue weighted by Crippen LogP contribution is 2.27. The molecule has 2 heterocycles. The van der Waals surface area contributed by atoms with Gasteiger partial charge in [0.25, 0.3) is 0 Å². The third-order valence-corrected chi connectivity index (χ3v) is 4.80. The van der Waals surface area contributed by atoms with E-state index in [0.717, 1.165) is 6.54 Å². The van der Waals surface area contributed by atoms with Crippen molar-refractivity contribution < 1.29 is 4.52 Å². The quantitative estimate of drug-likeness (QED) is 0.720. The zero-order chi connectivity index (χ0) is 16.1. The summed E-state index contributed by atoms with van der Waals surface area (Å²) in [6.45, 7) is 3.93. The minimum Gasteiger partial charge on any atom is -0.338 e. The van der Waals surface area contributed by atoms with Gasteiger partial charge in [0.05, 0.1) is 13.1 Å². The molecule has 5 nitrogen and oxygen atoms in total. The van der Waals surface area contributed by atoms with Gasteiger partial charge in [-0.3, -0.25) is 4.90 Å². The maximum atomic E-state index is 5.55. The second-order valence-electron chi connectivity index (χ2n) is 5.39. The zero-order valence-corrected chi connectivity index (χ0v) is 13.9. The molecule has 3 rings (SSSR count). The first-order valence-corrected chi connectivity index (χ1v) is 8.47. The summed E-state index contributed by atoms with van der Waals surface area (Å²) in [5, 5.41) is 6.13. The van der Waals surface area contributed by atoms with E-state index in [0.29, 0.717) is 18.3 Å². The highest BCUT2D eigenvalue weighted by atomic mass is 32.1. The van der Waals surface area contributed by atoms with E-state index in [1.165, 1.54) is 10.4 Å². The maximum Gasteiger partial charge on any atom is 0.240 e. The molecule has 2 N–H and O–H groups in total. The minimum absolute atomic E-state index is 0.270. The molecule has 1 unspecified atom stereocenters. The van der Waals surface area contributed by atoms with Crippen LogP contribution in [0.25, 0.3) is 0 Å². The average Bonchev–Trinajstić information content (AvgIpc) is 3.26. The Balaban J connectivity index is 1.80. The van der Waals surface area contributed by atoms with Crippen molar-refractivity contribution in [1.82, 2.24) is 15.0 Å². The Morgan fingerprint density at radius 2 is 2.00 bits per heavy atom. The first-order chi connectivity index (χ1) is 11.3. The van der Waals surface area contributed by atoms with Crippen molar-refractivity contribution in [3.8, 4) is 0 Å². The summed E-state index contributed by atoms with van der Waals surface area (Å²) in [5.41, 5.74) is 6.81. The van der Waals surface area contributed by atoms with Gasteiger partial charge in [0.1, 0.15) is 0 Å². The van der Waals surface area contributed by atoms with Crippen molar-refractivity contribution in [3.05, 3.63) is 70.0 Å². The fraction of sp³-hybridized carbons (Fsp3) is 0.294. The molecular formula is C17H20N4OS. The molecular weight excluding hydrogens is 308 g/mol. The summed E-state index contributed by atoms with van der Waals surface area (Å²) < 4.78 is 5.13. The predicted molar refractivity (Wildman–Crippen MR) is 90.6 cm³/mol. The lowest BCUT2D eigenvalue weighted by molar-refractivity contribution is 0.187. The third-order valence-electron chi connectivity index (χ3n) is 3.76. The van der Waals surface area contributed by atoms with Crippen molar-refractivity contribution in [1.29, 1.82) is 0 Å². The topological polar surface area (TPSA) is 68.2 Å². The lowest BCUT2D eigenvalue weighted by Crippen LogP contribution is -2.26. The van der Waals surface area contributed by atoms with Crippen LogP contribution in [0.2, 0.25) is 0 Å². The Morgan fingerprint density at radius 3 is 2.65 bits per heavy atom. The van der Waals surface area contributed by atoms with Crippen LogP contribution < -0.4 is 5.73 Å². The largest absolute Gasteiger partial charge is 0.338 e. The molecule has 0 spiro atoms. The second-order valence-corrected chi connectivity index (χ2v) is 6.37. The van der Waals surface area contributed by atoms with Gasteiger partial charge in [-0.1, -0.05) is 41.6 Å². The molecule has 0 radical (unpaired) electrons. The summed E-state index contributed by atoms with van der Waals surface area (Å²) in [7, 11) is 0. The summed E-state index contributed by atoms with van der Waals surface area (Å²) in [5.74, 6) is 1.15. The van der Waals surface area contributed by atoms with E-state index in [2.05, 4.69) is 63.7 Å². The number of nitrogens with two attached hydrogens (primary N) is 1. The minimum atomic E-state index is 0.270. The second kappa shape index (κ2) is 7.50. The van der Waals surface area contributed by atoms with E-state index in [1.807, 2.05) is 6.07 Å². The lowest BCUT2D eigenvalue weighted by atomic mass is 10.1. The summed E-state index contributed by atoms with van der Waals surface area (Å²) in [4.78, 5) is 8.00. The number of hydrogen-bond acceptors (Lipinski definition) is 6. The number of thiophene rings is 1. The molecule has 23 heavy (non-hydrogen) atoms. The monoisotopic (exact) mass is 328 g/mol. The van der Waals surface area contributed by atoms with Gasteiger partial charge in [0.15, 0.2) is 5.82 Å². The van der Waals surface area contributed by atoms with Crippen LogP contribution in [0.15, 0.2) is 52.4 Å². The molecule has 120 valence electrons. The van der Waals surface area contributed by atoms with Gasteiger partial charge < -0.3 is 10.3 Å². The molecule has 2 aromatic heterocycles. The van der Waals surface area contributed by atoms with Crippen molar-refractivity contribution in [3.63, 3.8) is 0 Å². The molecule has 0 saturated heterocycles. The molecule has 1 atom stereocenters. The Labute approximate surface area is 139 Å². The normalized spacial score (nSPS) is 12.7. The zero-order valence-electron chi connectivity index (χ0n) is 13.1. The molecule has 0 aliphatic heterocycles. The van der Waals surface area contributed by atoms with Gasteiger partial charge >= 0.3 is 0 Å². The summed E-state index contributed by atoms with van der Waals surface area (Å²) in [6, 6.07) is 14.9. The number of hydrogen-bond donors (Lipinski definition) is 1. The first-order valence-electron chi connectivity index (χ1n) is 7.59. The van der Waals surface area contributed by atoms with Gasteiger partial charge in [0.2, 0.25) is 5.89 Å². The van der Waals surface area contributed by atoms with E-state index in [9.17, 15) is 0 Å². The maximum absolute atomic E-state index is 5.55. The molecule has 0 saturated carbocycles. The van der Waals surface area contributed by atoms with Crippen LogP contribution in [-0.4, -0.2) is 15.0 Å². The van der Waals surface area contributed by atoms with E-state index >= 15 is 0 Å². The van der Waals surface area contributed by atoms with Crippen LogP contribution in [0.4, 0.5) is 0 Å². The van der Waals surface area contributed by atoms with E-state index in [-0.39, 0.29) is 12.6 Å². The van der Waals surface area contributed by atoms with Crippen LogP contribution in [0.5, 0.6) is 0 Å². The Morgan fingerprint density at radius 1 is 1.17 bits per heavy atom. The van der Waals surface area contributed by atoms with Crippen molar-refractivity contribution in [2.24, 2.45) is 5.73 Å². The van der Waals surface area contributed by atoms with E-state index < -0.39 is 0 Å². The first kappa shape index (κ1) is 15.9. The third kappa shape index (κ3) is 4.04. The lowest BCUT2D eigenvalue weighted by Gasteiger charge is -2.27. The van der Waals surface area contributed by atoms with Gasteiger partial charge in [-0.05, 0) is 23.9 Å². The number of benzene rings is 1. The van der Waals surface area contributed by atoms with E-state index in [4.69, 9.17) is 10.3 Å². The van der Waals surface area contributed by atoms with Crippen molar-refractivity contribution >= 4 is 11.3 Å². The molecule has 3 aromatic rings. The predicted octanol–water partition coefficient (Wildman–Crippen LogP) is 3.35. The number of aromatic nitrogens is 2. The molecule has 0 aliphatic carbocycles. The summed E-state index contributed by atoms with van der Waals surface area (Å²) >= 11 is 1.76. The molecule has 0 fully saturated rings. The van der Waals surface area contributed by atoms with Crippen LogP contribution in [0.3, 0.4) is 0 Å². The number of nitrogens with zero attached hydrogens (tertiary/aromatic N) is 3. The SMILES string of the molecule is CC(c1cccs1)N(Cc1ccccc1)Cc1noc(CN)n1. The number of rotatable bonds is 7. The van der Waals surface area contributed by atoms with Crippen LogP contribution >= 0.6 is 11.3 Å². The molecule has 0 aliphatic rings. The average molecular weight is 328 g/mol.